The number of carbonyl (C=O) groups is 2. The number of rotatable bonds is 4. The van der Waals surface area contributed by atoms with E-state index in [9.17, 15) is 9.59 Å². The van der Waals surface area contributed by atoms with E-state index in [0.29, 0.717) is 15.8 Å². The molecule has 0 saturated carbocycles. The van der Waals surface area contributed by atoms with Crippen molar-refractivity contribution in [2.24, 2.45) is 0 Å². The summed E-state index contributed by atoms with van der Waals surface area (Å²) in [7, 11) is 1.27. The maximum atomic E-state index is 12.2. The summed E-state index contributed by atoms with van der Waals surface area (Å²) in [4.78, 5) is 27.6. The van der Waals surface area contributed by atoms with E-state index in [1.807, 2.05) is 0 Å². The Morgan fingerprint density at radius 3 is 2.96 bits per heavy atom. The third-order valence-corrected chi connectivity index (χ3v) is 4.22. The third kappa shape index (κ3) is 3.35. The standard InChI is InChI=1S/C15H11ClN2O4S/c1-21-14(20)11-5-3-9(22-11)7-17-13(19)8-2-4-10-12(6-8)23-15(16)18-10/h2-6H,7H2,1H3,(H,17,19). The molecule has 0 fully saturated rings. The molecule has 8 heteroatoms. The molecule has 0 aliphatic rings. The molecule has 0 unspecified atom stereocenters. The molecular formula is C15H11ClN2O4S. The zero-order valence-electron chi connectivity index (χ0n) is 12.0. The van der Waals surface area contributed by atoms with Crippen LogP contribution in [-0.4, -0.2) is 24.0 Å². The van der Waals surface area contributed by atoms with Gasteiger partial charge in [0.1, 0.15) is 5.76 Å². The van der Waals surface area contributed by atoms with Crippen molar-refractivity contribution in [2.45, 2.75) is 6.54 Å². The quantitative estimate of drug-likeness (QED) is 0.730. The number of thiazole rings is 1. The van der Waals surface area contributed by atoms with Gasteiger partial charge in [0.05, 0.1) is 23.9 Å². The Balaban J connectivity index is 1.68. The Morgan fingerprint density at radius 1 is 1.35 bits per heavy atom. The van der Waals surface area contributed by atoms with E-state index < -0.39 is 5.97 Å². The fourth-order valence-corrected chi connectivity index (χ4v) is 3.06. The molecule has 3 aromatic rings. The van der Waals surface area contributed by atoms with Crippen LogP contribution >= 0.6 is 22.9 Å². The molecule has 23 heavy (non-hydrogen) atoms. The van der Waals surface area contributed by atoms with E-state index in [1.54, 1.807) is 24.3 Å². The SMILES string of the molecule is COC(=O)c1ccc(CNC(=O)c2ccc3nc(Cl)sc3c2)o1. The summed E-state index contributed by atoms with van der Waals surface area (Å²) in [5, 5.41) is 2.72. The Hall–Kier alpha value is -2.38. The van der Waals surface area contributed by atoms with Gasteiger partial charge < -0.3 is 14.5 Å². The van der Waals surface area contributed by atoms with Gasteiger partial charge in [-0.2, -0.15) is 0 Å². The molecule has 2 heterocycles. The molecule has 1 aromatic carbocycles. The lowest BCUT2D eigenvalue weighted by atomic mass is 10.2. The van der Waals surface area contributed by atoms with Gasteiger partial charge in [-0.15, -0.1) is 11.3 Å². The first kappa shape index (κ1) is 15.5. The van der Waals surface area contributed by atoms with Crippen molar-refractivity contribution in [2.75, 3.05) is 7.11 Å². The highest BCUT2D eigenvalue weighted by atomic mass is 35.5. The lowest BCUT2D eigenvalue weighted by molar-refractivity contribution is 0.0563. The van der Waals surface area contributed by atoms with Crippen LogP contribution in [0, 0.1) is 0 Å². The highest BCUT2D eigenvalue weighted by Gasteiger charge is 2.13. The Morgan fingerprint density at radius 2 is 2.17 bits per heavy atom. The second-order valence-corrected chi connectivity index (χ2v) is 6.20. The summed E-state index contributed by atoms with van der Waals surface area (Å²) in [6.07, 6.45) is 0. The number of ether oxygens (including phenoxy) is 1. The number of nitrogens with one attached hydrogen (secondary N) is 1. The van der Waals surface area contributed by atoms with E-state index in [4.69, 9.17) is 16.0 Å². The highest BCUT2D eigenvalue weighted by Crippen LogP contribution is 2.26. The maximum absolute atomic E-state index is 12.2. The van der Waals surface area contributed by atoms with Gasteiger partial charge in [0.2, 0.25) is 5.76 Å². The molecule has 0 spiro atoms. The van der Waals surface area contributed by atoms with Gasteiger partial charge >= 0.3 is 5.97 Å². The summed E-state index contributed by atoms with van der Waals surface area (Å²) in [6.45, 7) is 0.164. The monoisotopic (exact) mass is 350 g/mol. The Labute approximate surface area is 140 Å². The number of furan rings is 1. The smallest absolute Gasteiger partial charge is 0.373 e. The molecule has 3 rings (SSSR count). The molecule has 1 N–H and O–H groups in total. The summed E-state index contributed by atoms with van der Waals surface area (Å²) < 4.78 is 11.1. The summed E-state index contributed by atoms with van der Waals surface area (Å²) >= 11 is 7.16. The van der Waals surface area contributed by atoms with Crippen molar-refractivity contribution in [3.8, 4) is 0 Å². The first-order chi connectivity index (χ1) is 11.1. The van der Waals surface area contributed by atoms with Crippen molar-refractivity contribution < 1.29 is 18.7 Å². The van der Waals surface area contributed by atoms with Gasteiger partial charge in [-0.3, -0.25) is 4.79 Å². The molecule has 118 valence electrons. The minimum atomic E-state index is -0.560. The van der Waals surface area contributed by atoms with Gasteiger partial charge in [-0.05, 0) is 30.3 Å². The lowest BCUT2D eigenvalue weighted by Gasteiger charge is -2.03. The largest absolute Gasteiger partial charge is 0.463 e. The molecule has 0 atom stereocenters. The topological polar surface area (TPSA) is 81.4 Å². The summed E-state index contributed by atoms with van der Waals surface area (Å²) in [6, 6.07) is 8.26. The molecule has 0 radical (unpaired) electrons. The van der Waals surface area contributed by atoms with E-state index in [1.165, 1.54) is 24.5 Å². The Kier molecular flexibility index (Phi) is 4.31. The van der Waals surface area contributed by atoms with Crippen molar-refractivity contribution in [3.63, 3.8) is 0 Å². The first-order valence-corrected chi connectivity index (χ1v) is 7.77. The average molecular weight is 351 g/mol. The molecule has 6 nitrogen and oxygen atoms in total. The normalized spacial score (nSPS) is 10.7. The van der Waals surface area contributed by atoms with Crippen LogP contribution in [0.5, 0.6) is 0 Å². The molecule has 0 saturated heterocycles. The van der Waals surface area contributed by atoms with Crippen LogP contribution in [0.1, 0.15) is 26.7 Å². The van der Waals surface area contributed by atoms with Crippen molar-refractivity contribution in [1.29, 1.82) is 0 Å². The second-order valence-electron chi connectivity index (χ2n) is 4.59. The zero-order chi connectivity index (χ0) is 16.4. The Bertz CT molecular complexity index is 887. The van der Waals surface area contributed by atoms with Crippen LogP contribution in [-0.2, 0) is 11.3 Å². The first-order valence-electron chi connectivity index (χ1n) is 6.58. The van der Waals surface area contributed by atoms with E-state index in [2.05, 4.69) is 15.0 Å². The minimum absolute atomic E-state index is 0.0949. The predicted octanol–water partition coefficient (Wildman–Crippen LogP) is 3.26. The molecule has 2 aromatic heterocycles. The van der Waals surface area contributed by atoms with Crippen LogP contribution in [0.25, 0.3) is 10.2 Å². The molecule has 1 amide bonds. The molecule has 0 aliphatic carbocycles. The van der Waals surface area contributed by atoms with Gasteiger partial charge in [-0.1, -0.05) is 11.6 Å². The van der Waals surface area contributed by atoms with E-state index >= 15 is 0 Å². The van der Waals surface area contributed by atoms with Gasteiger partial charge in [0, 0.05) is 5.56 Å². The summed E-state index contributed by atoms with van der Waals surface area (Å²) in [5.41, 5.74) is 1.25. The zero-order valence-corrected chi connectivity index (χ0v) is 13.5. The second kappa shape index (κ2) is 6.39. The number of esters is 1. The van der Waals surface area contributed by atoms with Crippen LogP contribution in [0.2, 0.25) is 4.47 Å². The number of methoxy groups -OCH3 is 1. The van der Waals surface area contributed by atoms with Gasteiger partial charge in [0.15, 0.2) is 4.47 Å². The van der Waals surface area contributed by atoms with Crippen molar-refractivity contribution >= 4 is 45.0 Å². The average Bonchev–Trinajstić information content (AvgIpc) is 3.16. The highest BCUT2D eigenvalue weighted by molar-refractivity contribution is 7.22. The third-order valence-electron chi connectivity index (χ3n) is 3.10. The molecule has 0 bridgehead atoms. The van der Waals surface area contributed by atoms with Crippen LogP contribution < -0.4 is 5.32 Å². The van der Waals surface area contributed by atoms with E-state index in [0.717, 1.165) is 10.2 Å². The van der Waals surface area contributed by atoms with Crippen molar-refractivity contribution in [3.05, 3.63) is 51.9 Å². The van der Waals surface area contributed by atoms with Gasteiger partial charge in [0.25, 0.3) is 5.91 Å². The van der Waals surface area contributed by atoms with Crippen LogP contribution in [0.15, 0.2) is 34.7 Å². The number of carbonyl (C=O) groups excluding carboxylic acids is 2. The predicted molar refractivity (Wildman–Crippen MR) is 85.8 cm³/mol. The number of aromatic nitrogens is 1. The minimum Gasteiger partial charge on any atom is -0.463 e. The molecular weight excluding hydrogens is 340 g/mol. The molecule has 0 aliphatic heterocycles. The number of hydrogen-bond donors (Lipinski definition) is 1. The fraction of sp³-hybridized carbons (Fsp3) is 0.133. The maximum Gasteiger partial charge on any atom is 0.373 e. The van der Waals surface area contributed by atoms with Crippen molar-refractivity contribution in [1.82, 2.24) is 10.3 Å². The fourth-order valence-electron chi connectivity index (χ4n) is 1.99. The lowest BCUT2D eigenvalue weighted by Crippen LogP contribution is -2.22. The number of amides is 1. The number of fused-ring (bicyclic) bond motifs is 1. The number of hydrogen-bond acceptors (Lipinski definition) is 6. The number of nitrogens with zero attached hydrogens (tertiary/aromatic N) is 1. The van der Waals surface area contributed by atoms with Crippen LogP contribution in [0.3, 0.4) is 0 Å². The summed E-state index contributed by atoms with van der Waals surface area (Å²) in [5.74, 6) is -0.263. The van der Waals surface area contributed by atoms with Crippen LogP contribution in [0.4, 0.5) is 0 Å². The number of halogens is 1. The number of benzene rings is 1. The van der Waals surface area contributed by atoms with Gasteiger partial charge in [-0.25, -0.2) is 9.78 Å². The van der Waals surface area contributed by atoms with E-state index in [-0.39, 0.29) is 18.2 Å².